The van der Waals surface area contributed by atoms with E-state index in [1.807, 2.05) is 30.3 Å². The third-order valence-electron chi connectivity index (χ3n) is 9.32. The molecule has 0 fully saturated rings. The largest absolute Gasteiger partial charge is 0.368 e. The third-order valence-corrected chi connectivity index (χ3v) is 9.93. The highest BCUT2D eigenvalue weighted by atomic mass is 35.5. The zero-order chi connectivity index (χ0) is 40.9. The third kappa shape index (κ3) is 8.35. The van der Waals surface area contributed by atoms with Gasteiger partial charge in [0.2, 0.25) is 11.9 Å². The van der Waals surface area contributed by atoms with Crippen molar-refractivity contribution >= 4 is 82.3 Å². The molecule has 0 atom stereocenters. The molecule has 10 rings (SSSR count). The van der Waals surface area contributed by atoms with Gasteiger partial charge < -0.3 is 21.6 Å². The second-order valence-electron chi connectivity index (χ2n) is 13.0. The van der Waals surface area contributed by atoms with E-state index in [2.05, 4.69) is 48.2 Å². The second-order valence-corrected chi connectivity index (χ2v) is 13.8. The summed E-state index contributed by atoms with van der Waals surface area (Å²) in [5.41, 5.74) is 18.8. The molecule has 2 aliphatic heterocycles. The predicted molar refractivity (Wildman–Crippen MR) is 218 cm³/mol. The Kier molecular flexibility index (Phi) is 11.5. The lowest BCUT2D eigenvalue weighted by Gasteiger charge is -2.12. The summed E-state index contributed by atoms with van der Waals surface area (Å²) in [6.07, 6.45) is 1.55. The zero-order valence-corrected chi connectivity index (χ0v) is 31.9. The molecule has 2 aliphatic rings. The smallest absolute Gasteiger partial charge is 0.223 e. The summed E-state index contributed by atoms with van der Waals surface area (Å²) >= 11 is 12.3. The summed E-state index contributed by atoms with van der Waals surface area (Å²) in [5, 5.41) is 14.4. The number of rotatable bonds is 5. The quantitative estimate of drug-likeness (QED) is 0.136. The molecule has 6 heterocycles. The molecule has 0 bridgehead atoms. The van der Waals surface area contributed by atoms with Crippen molar-refractivity contribution < 1.29 is 14.9 Å². The van der Waals surface area contributed by atoms with Crippen molar-refractivity contribution in [1.82, 2.24) is 49.4 Å². The maximum absolute atomic E-state index is 13.4. The molecule has 0 amide bonds. The standard InChI is InChI=1S/C19H16ClFN6.C11H8ClN5O.C8H8FN.CH3B/c20-15-3-1-2-14-17(15)24-19(22)27-18(14)23-16(25-27)6-7-26-9-11-4-5-13(21)8-12(11)10-26;12-7-3-1-2-6-9(7)15-11(13)17-10(6)14-8(16-17)4-5-18;9-8-2-1-6-4-10-5-7(6)3-8;1-2/h1-5,8H,6-7,9-10H2,(H2,22,24);1-3,5H,4H2,(H2,13,15);1-3,10H,4-5H2;1H3/i;;;1D. The van der Waals surface area contributed by atoms with Crippen LogP contribution in [0, 0.1) is 11.6 Å². The Balaban J connectivity index is 0.000000141. The number of para-hydroxylation sites is 2. The number of carbonyl (C=O) groups is 1. The first-order valence-electron chi connectivity index (χ1n) is 18.4. The average Bonchev–Trinajstić information content (AvgIpc) is 4.02. The number of hydrogen-bond donors (Lipinski definition) is 3. The topological polar surface area (TPSA) is 171 Å². The number of anilines is 2. The van der Waals surface area contributed by atoms with E-state index < -0.39 is 0 Å². The van der Waals surface area contributed by atoms with Crippen molar-refractivity contribution in [2.75, 3.05) is 18.0 Å². The van der Waals surface area contributed by atoms with Crippen molar-refractivity contribution in [3.8, 4) is 0 Å². The van der Waals surface area contributed by atoms with E-state index in [1.54, 1.807) is 34.8 Å². The summed E-state index contributed by atoms with van der Waals surface area (Å²) in [4.78, 5) is 30.2. The molecule has 0 aliphatic carbocycles. The predicted octanol–water partition coefficient (Wildman–Crippen LogP) is 6.10. The van der Waals surface area contributed by atoms with Crippen LogP contribution in [0.4, 0.5) is 20.7 Å². The number of nitrogen functional groups attached to an aromatic ring is 2. The second kappa shape index (κ2) is 17.1. The summed E-state index contributed by atoms with van der Waals surface area (Å²) in [7, 11) is 4.51. The minimum Gasteiger partial charge on any atom is -0.368 e. The molecule has 8 aromatic rings. The van der Waals surface area contributed by atoms with Gasteiger partial charge in [0.25, 0.3) is 0 Å². The molecule has 5 N–H and O–H groups in total. The van der Waals surface area contributed by atoms with Crippen LogP contribution in [0.1, 0.15) is 35.3 Å². The van der Waals surface area contributed by atoms with Gasteiger partial charge >= 0.3 is 0 Å². The van der Waals surface area contributed by atoms with Crippen LogP contribution in [0.2, 0.25) is 16.8 Å². The lowest BCUT2D eigenvalue weighted by molar-refractivity contribution is -0.107. The highest BCUT2D eigenvalue weighted by Gasteiger charge is 2.21. The first-order chi connectivity index (χ1) is 28.1. The Morgan fingerprint density at radius 2 is 1.30 bits per heavy atom. The van der Waals surface area contributed by atoms with Gasteiger partial charge in [0.05, 0.1) is 35.3 Å². The van der Waals surface area contributed by atoms with Gasteiger partial charge in [-0.3, -0.25) is 4.90 Å². The van der Waals surface area contributed by atoms with Crippen LogP contribution >= 0.6 is 23.2 Å². The fourth-order valence-corrected chi connectivity index (χ4v) is 7.13. The molecule has 4 aromatic carbocycles. The van der Waals surface area contributed by atoms with E-state index in [0.717, 1.165) is 60.9 Å². The Labute approximate surface area is 337 Å². The van der Waals surface area contributed by atoms with Crippen LogP contribution in [0.15, 0.2) is 72.8 Å². The molecule has 0 saturated heterocycles. The lowest BCUT2D eigenvalue weighted by atomic mass is 10.1. The number of nitrogens with zero attached hydrogens (tertiary/aromatic N) is 9. The fourth-order valence-electron chi connectivity index (χ4n) is 6.70. The highest BCUT2D eigenvalue weighted by molar-refractivity contribution is 6.36. The number of benzene rings is 4. The van der Waals surface area contributed by atoms with E-state index in [1.165, 1.54) is 27.8 Å². The fraction of sp³-hybridized carbons (Fsp3) is 0.205. The molecule has 0 saturated carbocycles. The van der Waals surface area contributed by atoms with Crippen LogP contribution in [-0.2, 0) is 43.8 Å². The van der Waals surface area contributed by atoms with Crippen LogP contribution < -0.4 is 16.8 Å². The lowest BCUT2D eigenvalue weighted by Crippen LogP contribution is -2.19. The number of aldehydes is 1. The first-order valence-corrected chi connectivity index (χ1v) is 18.4. The number of aromatic nitrogens is 8. The van der Waals surface area contributed by atoms with Gasteiger partial charge in [0.1, 0.15) is 17.9 Å². The van der Waals surface area contributed by atoms with Gasteiger partial charge in [0, 0.05) is 51.3 Å². The minimum atomic E-state index is -0.189. The molecule has 57 heavy (non-hydrogen) atoms. The molecule has 0 spiro atoms. The van der Waals surface area contributed by atoms with Gasteiger partial charge in [0.15, 0.2) is 22.9 Å². The Hall–Kier alpha value is -5.81. The molecule has 13 nitrogen and oxygen atoms in total. The maximum Gasteiger partial charge on any atom is 0.223 e. The number of halogens is 4. The minimum absolute atomic E-state index is 0. The van der Waals surface area contributed by atoms with E-state index >= 15 is 0 Å². The van der Waals surface area contributed by atoms with E-state index in [9.17, 15) is 13.6 Å². The van der Waals surface area contributed by atoms with E-state index in [0.29, 0.717) is 50.4 Å². The number of nitrogens with one attached hydrogen (secondary N) is 1. The van der Waals surface area contributed by atoms with E-state index in [-0.39, 0.29) is 36.8 Å². The number of nitrogens with two attached hydrogens (primary N) is 2. The Morgan fingerprint density at radius 3 is 1.91 bits per heavy atom. The molecule has 18 heteroatoms. The number of fused-ring (bicyclic) bond motifs is 8. The van der Waals surface area contributed by atoms with Crippen molar-refractivity contribution in [2.24, 2.45) is 0 Å². The Bertz CT molecular complexity index is 2790. The van der Waals surface area contributed by atoms with E-state index in [4.69, 9.17) is 36.0 Å². The zero-order valence-electron chi connectivity index (χ0n) is 31.3. The average molecular weight is 809 g/mol. The molecular formula is C39H35BCl2F2N12O. The number of carbonyl (C=O) groups excluding carboxylic acids is 1. The van der Waals surface area contributed by atoms with Crippen molar-refractivity contribution in [1.29, 1.82) is 0 Å². The molecule has 2 radical (unpaired) electrons. The van der Waals surface area contributed by atoms with Crippen LogP contribution in [0.25, 0.3) is 33.1 Å². The van der Waals surface area contributed by atoms with Gasteiger partial charge in [-0.25, -0.2) is 28.7 Å². The molecule has 4 aromatic heterocycles. The molecule has 288 valence electrons. The number of hydrogen-bond acceptors (Lipinski definition) is 11. The van der Waals surface area contributed by atoms with Gasteiger partial charge in [-0.05, 0) is 70.8 Å². The van der Waals surface area contributed by atoms with Gasteiger partial charge in [-0.2, -0.15) is 9.03 Å². The normalized spacial score (nSPS) is 13.3. The SMILES string of the molecule is Fc1ccc2c(c1)CNC2.Nc1nc2c(Cl)cccc2c2nc(CC=O)nn12.Nc1nc2c(Cl)cccc2c2nc(CCN3Cc4ccc(F)cc4C3)nn12.[2H]C[B]. The molecule has 0 unspecified atom stereocenters. The summed E-state index contributed by atoms with van der Waals surface area (Å²) in [6.45, 7) is 4.02. The summed E-state index contributed by atoms with van der Waals surface area (Å²) in [5.74, 6) is 1.22. The van der Waals surface area contributed by atoms with Crippen LogP contribution in [0.3, 0.4) is 0 Å². The van der Waals surface area contributed by atoms with Gasteiger partial charge in [-0.1, -0.05) is 54.3 Å². The summed E-state index contributed by atoms with van der Waals surface area (Å²) in [6, 6.07) is 20.8. The van der Waals surface area contributed by atoms with Crippen LogP contribution in [0.5, 0.6) is 0 Å². The van der Waals surface area contributed by atoms with Crippen molar-refractivity contribution in [3.63, 3.8) is 0 Å². The Morgan fingerprint density at radius 1 is 0.772 bits per heavy atom. The summed E-state index contributed by atoms with van der Waals surface area (Å²) < 4.78 is 34.9. The van der Waals surface area contributed by atoms with Crippen molar-refractivity contribution in [3.05, 3.63) is 128 Å². The highest BCUT2D eigenvalue weighted by Crippen LogP contribution is 2.28. The monoisotopic (exact) mass is 807 g/mol. The van der Waals surface area contributed by atoms with Crippen LogP contribution in [-0.4, -0.2) is 64.7 Å². The molecular weight excluding hydrogens is 772 g/mol. The maximum atomic E-state index is 13.4. The van der Waals surface area contributed by atoms with Gasteiger partial charge in [-0.15, -0.1) is 10.2 Å². The van der Waals surface area contributed by atoms with Crippen molar-refractivity contribution in [2.45, 2.75) is 45.8 Å². The first kappa shape index (κ1) is 38.1.